The highest BCUT2D eigenvalue weighted by Gasteiger charge is 2.17. The molecule has 6 heteroatoms. The van der Waals surface area contributed by atoms with Gasteiger partial charge in [0.25, 0.3) is 5.91 Å². The molecular weight excluding hydrogens is 256 g/mol. The van der Waals surface area contributed by atoms with Crippen molar-refractivity contribution < 1.29 is 9.59 Å². The van der Waals surface area contributed by atoms with Crippen LogP contribution in [0.5, 0.6) is 0 Å². The van der Waals surface area contributed by atoms with E-state index in [9.17, 15) is 9.59 Å². The topological polar surface area (TPSA) is 91.2 Å². The molecule has 2 amide bonds. The first-order valence-corrected chi connectivity index (χ1v) is 6.42. The second kappa shape index (κ2) is 5.64. The lowest BCUT2D eigenvalue weighted by Crippen LogP contribution is -2.38. The van der Waals surface area contributed by atoms with Crippen molar-refractivity contribution in [3.63, 3.8) is 0 Å². The molecule has 20 heavy (non-hydrogen) atoms. The number of hydrogen-bond donors (Lipinski definition) is 3. The minimum atomic E-state index is -0.244. The predicted octanol–water partition coefficient (Wildman–Crippen LogP) is 0.958. The maximum atomic E-state index is 12.2. The quantitative estimate of drug-likeness (QED) is 0.725. The van der Waals surface area contributed by atoms with Crippen molar-refractivity contribution >= 4 is 28.4 Å². The molecule has 0 aliphatic carbocycles. The van der Waals surface area contributed by atoms with Crippen LogP contribution in [-0.2, 0) is 4.79 Å². The molecule has 106 valence electrons. The third kappa shape index (κ3) is 2.74. The Morgan fingerprint density at radius 3 is 2.80 bits per heavy atom. The van der Waals surface area contributed by atoms with Gasteiger partial charge in [0.15, 0.2) is 0 Å². The van der Waals surface area contributed by atoms with Crippen molar-refractivity contribution in [3.05, 3.63) is 30.0 Å². The van der Waals surface area contributed by atoms with Crippen LogP contribution < -0.4 is 11.1 Å². The Labute approximate surface area is 116 Å². The lowest BCUT2D eigenvalue weighted by Gasteiger charge is -2.15. The van der Waals surface area contributed by atoms with Crippen molar-refractivity contribution in [2.24, 2.45) is 0 Å². The molecule has 2 aromatic rings. The summed E-state index contributed by atoms with van der Waals surface area (Å²) >= 11 is 0. The van der Waals surface area contributed by atoms with Crippen molar-refractivity contribution in [3.8, 4) is 0 Å². The summed E-state index contributed by atoms with van der Waals surface area (Å²) in [6, 6.07) is 7.22. The first kappa shape index (κ1) is 13.9. The Morgan fingerprint density at radius 2 is 2.15 bits per heavy atom. The highest BCUT2D eigenvalue weighted by atomic mass is 16.2. The number of nitrogen functional groups attached to an aromatic ring is 1. The van der Waals surface area contributed by atoms with Gasteiger partial charge in [-0.25, -0.2) is 0 Å². The van der Waals surface area contributed by atoms with Gasteiger partial charge in [-0.1, -0.05) is 12.1 Å². The van der Waals surface area contributed by atoms with Gasteiger partial charge >= 0.3 is 0 Å². The number of amides is 2. The number of rotatable bonds is 4. The fraction of sp³-hybridized carbons (Fsp3) is 0.286. The molecule has 0 unspecified atom stereocenters. The number of anilines is 1. The monoisotopic (exact) mass is 274 g/mol. The molecule has 6 nitrogen and oxygen atoms in total. The first-order valence-electron chi connectivity index (χ1n) is 6.42. The molecule has 4 N–H and O–H groups in total. The van der Waals surface area contributed by atoms with Gasteiger partial charge < -0.3 is 20.9 Å². The number of aromatic amines is 1. The third-order valence-corrected chi connectivity index (χ3v) is 3.02. The van der Waals surface area contributed by atoms with Crippen LogP contribution in [0.1, 0.15) is 17.4 Å². The summed E-state index contributed by atoms with van der Waals surface area (Å²) in [5, 5.41) is 3.53. The van der Waals surface area contributed by atoms with Crippen LogP contribution in [0, 0.1) is 0 Å². The standard InChI is InChI=1S/C14H18N4O2/c1-3-16-12(19)8-18(2)14(20)11-7-9-5-4-6-10(15)13(9)17-11/h4-7,17H,3,8,15H2,1-2H3,(H,16,19). The lowest BCUT2D eigenvalue weighted by molar-refractivity contribution is -0.121. The highest BCUT2D eigenvalue weighted by molar-refractivity contribution is 6.01. The largest absolute Gasteiger partial charge is 0.397 e. The number of likely N-dealkylation sites (N-methyl/N-ethyl adjacent to an activating group) is 2. The Hall–Kier alpha value is -2.50. The third-order valence-electron chi connectivity index (χ3n) is 3.02. The molecule has 0 saturated carbocycles. The number of carbonyl (C=O) groups excluding carboxylic acids is 2. The zero-order valence-electron chi connectivity index (χ0n) is 11.6. The van der Waals surface area contributed by atoms with Crippen molar-refractivity contribution in [2.75, 3.05) is 25.9 Å². The molecule has 0 radical (unpaired) electrons. The van der Waals surface area contributed by atoms with Gasteiger partial charge in [-0.2, -0.15) is 0 Å². The van der Waals surface area contributed by atoms with Gasteiger partial charge in [0.1, 0.15) is 5.69 Å². The second-order valence-corrected chi connectivity index (χ2v) is 4.61. The number of H-pyrrole nitrogens is 1. The van der Waals surface area contributed by atoms with E-state index in [4.69, 9.17) is 5.73 Å². The molecule has 0 saturated heterocycles. The van der Waals surface area contributed by atoms with E-state index in [0.717, 1.165) is 10.9 Å². The van der Waals surface area contributed by atoms with E-state index in [1.54, 1.807) is 19.2 Å². The van der Waals surface area contributed by atoms with Crippen molar-refractivity contribution in [1.82, 2.24) is 15.2 Å². The zero-order chi connectivity index (χ0) is 14.7. The minimum absolute atomic E-state index is 0.0253. The van der Waals surface area contributed by atoms with Gasteiger partial charge in [-0.3, -0.25) is 9.59 Å². The Morgan fingerprint density at radius 1 is 1.40 bits per heavy atom. The number of aromatic nitrogens is 1. The molecule has 0 fully saturated rings. The number of carbonyl (C=O) groups is 2. The molecule has 1 aromatic carbocycles. The summed E-state index contributed by atoms with van der Waals surface area (Å²) in [7, 11) is 1.59. The van der Waals surface area contributed by atoms with Gasteiger partial charge in [0.05, 0.1) is 17.7 Å². The first-order chi connectivity index (χ1) is 9.52. The van der Waals surface area contributed by atoms with Crippen LogP contribution in [0.2, 0.25) is 0 Å². The number of nitrogens with zero attached hydrogens (tertiary/aromatic N) is 1. The number of fused-ring (bicyclic) bond motifs is 1. The number of para-hydroxylation sites is 1. The lowest BCUT2D eigenvalue weighted by atomic mass is 10.2. The van der Waals surface area contributed by atoms with Gasteiger partial charge in [0, 0.05) is 19.0 Å². The Balaban J connectivity index is 2.18. The molecule has 1 aromatic heterocycles. The number of nitrogens with two attached hydrogens (primary N) is 1. The molecule has 0 aliphatic rings. The SMILES string of the molecule is CCNC(=O)CN(C)C(=O)c1cc2cccc(N)c2[nH]1. The Kier molecular flexibility index (Phi) is 3.93. The molecule has 2 rings (SSSR count). The van der Waals surface area contributed by atoms with Gasteiger partial charge in [-0.05, 0) is 19.1 Å². The summed E-state index contributed by atoms with van der Waals surface area (Å²) in [4.78, 5) is 28.1. The van der Waals surface area contributed by atoms with Crippen LogP contribution in [0.4, 0.5) is 5.69 Å². The number of hydrogen-bond acceptors (Lipinski definition) is 3. The molecular formula is C14H18N4O2. The maximum absolute atomic E-state index is 12.2. The maximum Gasteiger partial charge on any atom is 0.270 e. The summed E-state index contributed by atoms with van der Waals surface area (Å²) in [6.45, 7) is 2.40. The summed E-state index contributed by atoms with van der Waals surface area (Å²) in [6.07, 6.45) is 0. The average molecular weight is 274 g/mol. The Bertz CT molecular complexity index is 648. The summed E-state index contributed by atoms with van der Waals surface area (Å²) in [5.41, 5.74) is 7.60. The molecule has 0 bridgehead atoms. The zero-order valence-corrected chi connectivity index (χ0v) is 11.6. The van der Waals surface area contributed by atoms with Crippen molar-refractivity contribution in [1.29, 1.82) is 0 Å². The smallest absolute Gasteiger partial charge is 0.270 e. The normalized spacial score (nSPS) is 10.5. The van der Waals surface area contributed by atoms with E-state index in [1.807, 2.05) is 19.1 Å². The van der Waals surface area contributed by atoms with E-state index < -0.39 is 0 Å². The summed E-state index contributed by atoms with van der Waals surface area (Å²) < 4.78 is 0. The van der Waals surface area contributed by atoms with Crippen LogP contribution >= 0.6 is 0 Å². The molecule has 0 atom stereocenters. The van der Waals surface area contributed by atoms with Crippen LogP contribution in [-0.4, -0.2) is 41.8 Å². The van der Waals surface area contributed by atoms with Gasteiger partial charge in [-0.15, -0.1) is 0 Å². The second-order valence-electron chi connectivity index (χ2n) is 4.61. The van der Waals surface area contributed by atoms with Crippen LogP contribution in [0.15, 0.2) is 24.3 Å². The predicted molar refractivity (Wildman–Crippen MR) is 78.4 cm³/mol. The molecule has 1 heterocycles. The average Bonchev–Trinajstić information content (AvgIpc) is 2.83. The van der Waals surface area contributed by atoms with E-state index in [-0.39, 0.29) is 18.4 Å². The fourth-order valence-electron chi connectivity index (χ4n) is 2.04. The van der Waals surface area contributed by atoms with Crippen molar-refractivity contribution in [2.45, 2.75) is 6.92 Å². The van der Waals surface area contributed by atoms with E-state index in [0.29, 0.717) is 17.9 Å². The number of benzene rings is 1. The van der Waals surface area contributed by atoms with E-state index in [2.05, 4.69) is 10.3 Å². The number of nitrogens with one attached hydrogen (secondary N) is 2. The van der Waals surface area contributed by atoms with E-state index in [1.165, 1.54) is 4.90 Å². The van der Waals surface area contributed by atoms with Crippen LogP contribution in [0.3, 0.4) is 0 Å². The van der Waals surface area contributed by atoms with Crippen LogP contribution in [0.25, 0.3) is 10.9 Å². The van der Waals surface area contributed by atoms with Gasteiger partial charge in [0.2, 0.25) is 5.91 Å². The molecule has 0 aliphatic heterocycles. The molecule has 0 spiro atoms. The highest BCUT2D eigenvalue weighted by Crippen LogP contribution is 2.21. The summed E-state index contributed by atoms with van der Waals surface area (Å²) in [5.74, 6) is -0.425. The minimum Gasteiger partial charge on any atom is -0.397 e. The van der Waals surface area contributed by atoms with E-state index >= 15 is 0 Å². The fourth-order valence-corrected chi connectivity index (χ4v) is 2.04.